The van der Waals surface area contributed by atoms with E-state index in [1.54, 1.807) is 36.7 Å². The van der Waals surface area contributed by atoms with Crippen molar-refractivity contribution in [2.24, 2.45) is 0 Å². The van der Waals surface area contributed by atoms with E-state index in [0.717, 1.165) is 5.56 Å². The monoisotopic (exact) mass is 330 g/mol. The second-order valence-corrected chi connectivity index (χ2v) is 5.46. The Morgan fingerprint density at radius 2 is 2.26 bits per heavy atom. The summed E-state index contributed by atoms with van der Waals surface area (Å²) < 4.78 is 5.09. The number of nitrogens with zero attached hydrogens (tertiary/aromatic N) is 1. The Bertz CT molecular complexity index is 798. The lowest BCUT2D eigenvalue weighted by Crippen LogP contribution is -2.27. The fourth-order valence-corrected chi connectivity index (χ4v) is 2.67. The number of methoxy groups -OCH3 is 1. The first-order chi connectivity index (χ1) is 11.2. The minimum atomic E-state index is -0.251. The number of ether oxygens (including phenoxy) is 1. The molecule has 0 radical (unpaired) electrons. The fraction of sp³-hybridized carbons (Fsp3) is 0.0667. The van der Waals surface area contributed by atoms with Gasteiger partial charge >= 0.3 is 0 Å². The van der Waals surface area contributed by atoms with Crippen LogP contribution in [-0.2, 0) is 4.79 Å². The van der Waals surface area contributed by atoms with Gasteiger partial charge in [0, 0.05) is 23.3 Å². The Morgan fingerprint density at radius 3 is 3.00 bits per heavy atom. The van der Waals surface area contributed by atoms with Crippen LogP contribution in [0, 0.1) is 0 Å². The molecule has 2 heterocycles. The number of amides is 1. The van der Waals surface area contributed by atoms with Crippen molar-refractivity contribution >= 4 is 22.4 Å². The third-order valence-corrected chi connectivity index (χ3v) is 3.88. The number of thiazole rings is 1. The van der Waals surface area contributed by atoms with Crippen LogP contribution in [0.3, 0.4) is 0 Å². The van der Waals surface area contributed by atoms with Crippen molar-refractivity contribution in [2.45, 2.75) is 0 Å². The predicted molar refractivity (Wildman–Crippen MR) is 87.9 cm³/mol. The first kappa shape index (κ1) is 14.9. The van der Waals surface area contributed by atoms with Crippen molar-refractivity contribution in [3.8, 4) is 22.8 Å². The van der Waals surface area contributed by atoms with Crippen molar-refractivity contribution in [3.05, 3.63) is 47.6 Å². The maximum atomic E-state index is 12.1. The molecule has 1 amide bonds. The molecule has 118 valence electrons. The zero-order chi connectivity index (χ0) is 16.2. The molecule has 4 N–H and O–H groups in total. The molecule has 7 nitrogen and oxygen atoms in total. The Balaban J connectivity index is 1.77. The average molecular weight is 330 g/mol. The third kappa shape index (κ3) is 3.27. The van der Waals surface area contributed by atoms with Gasteiger partial charge in [-0.3, -0.25) is 10.1 Å². The largest absolute Gasteiger partial charge is 0.504 e. The van der Waals surface area contributed by atoms with E-state index in [9.17, 15) is 9.90 Å². The van der Waals surface area contributed by atoms with Gasteiger partial charge in [-0.1, -0.05) is 0 Å². The van der Waals surface area contributed by atoms with Crippen LogP contribution in [0.5, 0.6) is 11.5 Å². The molecule has 1 aliphatic rings. The first-order valence-corrected chi connectivity index (χ1v) is 7.57. The Labute approximate surface area is 136 Å². The van der Waals surface area contributed by atoms with E-state index >= 15 is 0 Å². The molecular formula is C15H14N4O3S. The number of phenols is 1. The lowest BCUT2D eigenvalue weighted by Gasteiger charge is -2.09. The van der Waals surface area contributed by atoms with Crippen LogP contribution in [0.15, 0.2) is 47.6 Å². The van der Waals surface area contributed by atoms with Crippen LogP contribution in [-0.4, -0.2) is 23.1 Å². The first-order valence-electron chi connectivity index (χ1n) is 6.69. The summed E-state index contributed by atoms with van der Waals surface area (Å²) >= 11 is 1.32. The summed E-state index contributed by atoms with van der Waals surface area (Å²) in [7, 11) is 1.49. The smallest absolute Gasteiger partial charge is 0.259 e. The van der Waals surface area contributed by atoms with Gasteiger partial charge in [0.15, 0.2) is 16.6 Å². The molecular weight excluding hydrogens is 316 g/mol. The van der Waals surface area contributed by atoms with Crippen LogP contribution in [0.4, 0.5) is 5.13 Å². The molecule has 0 fully saturated rings. The number of hydrazine groups is 1. The third-order valence-electron chi connectivity index (χ3n) is 3.12. The lowest BCUT2D eigenvalue weighted by atomic mass is 10.1. The number of hydrogen-bond acceptors (Lipinski definition) is 7. The molecule has 0 unspecified atom stereocenters. The van der Waals surface area contributed by atoms with E-state index in [1.807, 2.05) is 5.38 Å². The van der Waals surface area contributed by atoms with Gasteiger partial charge in [0.1, 0.15) is 0 Å². The maximum Gasteiger partial charge on any atom is 0.259 e. The molecule has 0 spiro atoms. The number of nitrogens with one attached hydrogen (secondary N) is 3. The Hall–Kier alpha value is -3.00. The van der Waals surface area contributed by atoms with Crippen molar-refractivity contribution in [1.82, 2.24) is 15.8 Å². The number of hydrogen-bond donors (Lipinski definition) is 4. The highest BCUT2D eigenvalue weighted by atomic mass is 32.1. The van der Waals surface area contributed by atoms with Gasteiger partial charge in [-0.05, 0) is 24.3 Å². The minimum Gasteiger partial charge on any atom is -0.504 e. The highest BCUT2D eigenvalue weighted by Crippen LogP contribution is 2.32. The van der Waals surface area contributed by atoms with Gasteiger partial charge in [0.2, 0.25) is 0 Å². The van der Waals surface area contributed by atoms with E-state index in [0.29, 0.717) is 22.1 Å². The zero-order valence-corrected chi connectivity index (χ0v) is 13.0. The summed E-state index contributed by atoms with van der Waals surface area (Å²) in [6, 6.07) is 4.97. The highest BCUT2D eigenvalue weighted by molar-refractivity contribution is 7.14. The zero-order valence-electron chi connectivity index (χ0n) is 12.2. The highest BCUT2D eigenvalue weighted by Gasteiger charge is 2.13. The molecule has 0 aliphatic carbocycles. The van der Waals surface area contributed by atoms with E-state index in [2.05, 4.69) is 21.2 Å². The molecule has 0 saturated carbocycles. The van der Waals surface area contributed by atoms with Gasteiger partial charge < -0.3 is 20.7 Å². The van der Waals surface area contributed by atoms with E-state index in [1.165, 1.54) is 18.4 Å². The number of aromatic hydroxyl groups is 1. The molecule has 8 heteroatoms. The quantitative estimate of drug-likeness (QED) is 0.684. The minimum absolute atomic E-state index is 0.0668. The standard InChI is InChI=1S/C15H14N4O3S/c1-22-13-6-9(2-3-12(13)20)11-8-23-15(18-11)19-14(21)10-4-5-16-17-7-10/h2-8,16-17,20H,1H3,(H,18,19,21). The summed E-state index contributed by atoms with van der Waals surface area (Å²) in [5.41, 5.74) is 7.45. The van der Waals surface area contributed by atoms with Crippen LogP contribution in [0.1, 0.15) is 0 Å². The van der Waals surface area contributed by atoms with Gasteiger partial charge in [-0.15, -0.1) is 11.3 Å². The molecule has 1 aromatic heterocycles. The Kier molecular flexibility index (Phi) is 4.15. The topological polar surface area (TPSA) is 95.5 Å². The van der Waals surface area contributed by atoms with Gasteiger partial charge in [-0.2, -0.15) is 0 Å². The summed E-state index contributed by atoms with van der Waals surface area (Å²) in [4.78, 5) is 16.5. The average Bonchev–Trinajstić information content (AvgIpc) is 3.04. The number of rotatable bonds is 4. The second kappa shape index (κ2) is 6.41. The molecule has 0 atom stereocenters. The molecule has 1 aromatic carbocycles. The van der Waals surface area contributed by atoms with Crippen LogP contribution in [0.25, 0.3) is 11.3 Å². The fourth-order valence-electron chi connectivity index (χ4n) is 1.96. The second-order valence-electron chi connectivity index (χ2n) is 4.60. The number of benzene rings is 1. The normalized spacial score (nSPS) is 12.8. The summed E-state index contributed by atoms with van der Waals surface area (Å²) in [6.45, 7) is 0. The van der Waals surface area contributed by atoms with Crippen LogP contribution >= 0.6 is 11.3 Å². The Morgan fingerprint density at radius 1 is 1.39 bits per heavy atom. The van der Waals surface area contributed by atoms with Crippen LogP contribution in [0.2, 0.25) is 0 Å². The summed E-state index contributed by atoms with van der Waals surface area (Å²) in [6.07, 6.45) is 4.85. The summed E-state index contributed by atoms with van der Waals surface area (Å²) in [5, 5.41) is 14.7. The molecule has 3 rings (SSSR count). The van der Waals surface area contributed by atoms with E-state index < -0.39 is 0 Å². The predicted octanol–water partition coefficient (Wildman–Crippen LogP) is 1.97. The van der Waals surface area contributed by atoms with Crippen molar-refractivity contribution in [3.63, 3.8) is 0 Å². The molecule has 0 saturated heterocycles. The molecule has 2 aromatic rings. The van der Waals surface area contributed by atoms with Crippen LogP contribution < -0.4 is 20.9 Å². The molecule has 0 bridgehead atoms. The molecule has 23 heavy (non-hydrogen) atoms. The summed E-state index contributed by atoms with van der Waals surface area (Å²) in [5.74, 6) is 0.189. The molecule has 1 aliphatic heterocycles. The lowest BCUT2D eigenvalue weighted by molar-refractivity contribution is -0.112. The number of aromatic nitrogens is 1. The van der Waals surface area contributed by atoms with Gasteiger partial charge in [0.05, 0.1) is 18.4 Å². The number of phenolic OH excluding ortho intramolecular Hbond substituents is 1. The van der Waals surface area contributed by atoms with E-state index in [4.69, 9.17) is 4.74 Å². The maximum absolute atomic E-state index is 12.1. The van der Waals surface area contributed by atoms with Gasteiger partial charge in [0.25, 0.3) is 5.91 Å². The SMILES string of the molecule is COc1cc(-c2csc(NC(=O)C3=CNNC=C3)n2)ccc1O. The van der Waals surface area contributed by atoms with Crippen molar-refractivity contribution < 1.29 is 14.6 Å². The number of carbonyl (C=O) groups is 1. The van der Waals surface area contributed by atoms with Crippen molar-refractivity contribution in [1.29, 1.82) is 0 Å². The van der Waals surface area contributed by atoms with Crippen molar-refractivity contribution in [2.75, 3.05) is 12.4 Å². The van der Waals surface area contributed by atoms with Gasteiger partial charge in [-0.25, -0.2) is 4.98 Å². The number of anilines is 1. The number of carbonyl (C=O) groups excluding carboxylic acids is 1. The van der Waals surface area contributed by atoms with E-state index in [-0.39, 0.29) is 11.7 Å².